The van der Waals surface area contributed by atoms with Crippen molar-refractivity contribution >= 4 is 27.5 Å². The molecule has 1 N–H and O–H groups in total. The molecular weight excluding hydrogens is 498 g/mol. The van der Waals surface area contributed by atoms with E-state index in [1.807, 2.05) is 56.3 Å². The van der Waals surface area contributed by atoms with Crippen LogP contribution in [0.1, 0.15) is 38.3 Å². The second-order valence-corrected chi connectivity index (χ2v) is 11.0. The quantitative estimate of drug-likeness (QED) is 0.351. The van der Waals surface area contributed by atoms with Crippen LogP contribution >= 0.6 is 0 Å². The maximum Gasteiger partial charge on any atom is 0.264 e. The van der Waals surface area contributed by atoms with Crippen molar-refractivity contribution in [3.8, 4) is 0 Å². The molecule has 0 spiro atoms. The zero-order valence-corrected chi connectivity index (χ0v) is 23.2. The number of hydrogen-bond acceptors (Lipinski definition) is 4. The third-order valence-electron chi connectivity index (χ3n) is 6.45. The summed E-state index contributed by atoms with van der Waals surface area (Å²) in [6, 6.07) is 24.2. The predicted octanol–water partition coefficient (Wildman–Crippen LogP) is 4.43. The molecule has 202 valence electrons. The second kappa shape index (κ2) is 13.8. The van der Waals surface area contributed by atoms with Gasteiger partial charge in [-0.25, -0.2) is 8.42 Å². The first-order valence-electron chi connectivity index (χ1n) is 13.1. The van der Waals surface area contributed by atoms with Gasteiger partial charge in [0.15, 0.2) is 0 Å². The van der Waals surface area contributed by atoms with Gasteiger partial charge in [0.1, 0.15) is 12.6 Å². The first kappa shape index (κ1) is 28.9. The Hall–Kier alpha value is -3.65. The Labute approximate surface area is 226 Å². The molecule has 0 heterocycles. The average molecular weight is 536 g/mol. The molecule has 0 fully saturated rings. The molecule has 0 bridgehead atoms. The van der Waals surface area contributed by atoms with Crippen molar-refractivity contribution in [2.75, 3.05) is 23.9 Å². The van der Waals surface area contributed by atoms with E-state index in [9.17, 15) is 18.0 Å². The average Bonchev–Trinajstić information content (AvgIpc) is 2.95. The molecule has 3 aromatic carbocycles. The molecule has 0 saturated carbocycles. The van der Waals surface area contributed by atoms with Crippen molar-refractivity contribution < 1.29 is 18.0 Å². The molecule has 38 heavy (non-hydrogen) atoms. The van der Waals surface area contributed by atoms with Crippen LogP contribution in [0.15, 0.2) is 89.8 Å². The molecule has 1 atom stereocenters. The Bertz CT molecular complexity index is 1300. The fourth-order valence-electron chi connectivity index (χ4n) is 4.25. The van der Waals surface area contributed by atoms with Gasteiger partial charge in [0.25, 0.3) is 10.0 Å². The van der Waals surface area contributed by atoms with Crippen LogP contribution in [0.2, 0.25) is 0 Å². The minimum atomic E-state index is -4.06. The fourth-order valence-corrected chi connectivity index (χ4v) is 5.73. The van der Waals surface area contributed by atoms with Crippen LogP contribution in [0.25, 0.3) is 0 Å². The summed E-state index contributed by atoms with van der Waals surface area (Å²) < 4.78 is 28.9. The number of benzene rings is 3. The lowest BCUT2D eigenvalue weighted by Crippen LogP contribution is -2.52. The number of amides is 2. The van der Waals surface area contributed by atoms with Gasteiger partial charge in [0.05, 0.1) is 10.6 Å². The molecule has 7 nitrogen and oxygen atoms in total. The standard InChI is InChI=1S/C30H37N3O4S/c1-4-21-31-30(35)24(3)32(22-20-25-14-8-6-9-15-25)29(34)23-33(28-19-13-12-16-26(28)5-2)38(36,37)27-17-10-7-11-18-27/h6-19,24H,4-5,20-23H2,1-3H3,(H,31,35)/t24-/m1/s1. The van der Waals surface area contributed by atoms with Gasteiger partial charge in [-0.05, 0) is 55.5 Å². The molecule has 0 unspecified atom stereocenters. The van der Waals surface area contributed by atoms with Gasteiger partial charge in [-0.2, -0.15) is 0 Å². The third-order valence-corrected chi connectivity index (χ3v) is 8.23. The van der Waals surface area contributed by atoms with Crippen LogP contribution in [0.3, 0.4) is 0 Å². The lowest BCUT2D eigenvalue weighted by molar-refractivity contribution is -0.138. The van der Waals surface area contributed by atoms with Gasteiger partial charge in [-0.1, -0.05) is 80.6 Å². The molecular formula is C30H37N3O4S. The fraction of sp³-hybridized carbons (Fsp3) is 0.333. The van der Waals surface area contributed by atoms with Gasteiger partial charge in [0, 0.05) is 13.1 Å². The number of anilines is 1. The molecule has 0 aliphatic carbocycles. The van der Waals surface area contributed by atoms with Gasteiger partial charge in [-0.15, -0.1) is 0 Å². The molecule has 0 aliphatic rings. The lowest BCUT2D eigenvalue weighted by atomic mass is 10.1. The summed E-state index contributed by atoms with van der Waals surface area (Å²) in [6.07, 6.45) is 1.90. The van der Waals surface area contributed by atoms with Crippen molar-refractivity contribution in [3.05, 3.63) is 96.1 Å². The summed E-state index contributed by atoms with van der Waals surface area (Å²) >= 11 is 0. The van der Waals surface area contributed by atoms with Crippen LogP contribution in [-0.4, -0.2) is 50.8 Å². The number of carbonyl (C=O) groups excluding carboxylic acids is 2. The normalized spacial score (nSPS) is 12.0. The van der Waals surface area contributed by atoms with Crippen LogP contribution in [0, 0.1) is 0 Å². The Morgan fingerprint density at radius 3 is 2.11 bits per heavy atom. The lowest BCUT2D eigenvalue weighted by Gasteiger charge is -2.32. The molecule has 3 rings (SSSR count). The third kappa shape index (κ3) is 7.22. The van der Waals surface area contributed by atoms with Crippen molar-refractivity contribution in [1.29, 1.82) is 0 Å². The van der Waals surface area contributed by atoms with Crippen LogP contribution in [-0.2, 0) is 32.5 Å². The number of rotatable bonds is 13. The second-order valence-electron chi connectivity index (χ2n) is 9.10. The highest BCUT2D eigenvalue weighted by molar-refractivity contribution is 7.92. The molecule has 8 heteroatoms. The summed E-state index contributed by atoms with van der Waals surface area (Å²) in [7, 11) is -4.06. The van der Waals surface area contributed by atoms with E-state index >= 15 is 0 Å². The minimum absolute atomic E-state index is 0.100. The molecule has 0 aromatic heterocycles. The summed E-state index contributed by atoms with van der Waals surface area (Å²) in [6.45, 7) is 5.94. The number of aryl methyl sites for hydroxylation is 1. The molecule has 0 saturated heterocycles. The van der Waals surface area contributed by atoms with E-state index in [2.05, 4.69) is 5.32 Å². The highest BCUT2D eigenvalue weighted by atomic mass is 32.2. The largest absolute Gasteiger partial charge is 0.354 e. The van der Waals surface area contributed by atoms with Crippen LogP contribution < -0.4 is 9.62 Å². The molecule has 0 radical (unpaired) electrons. The first-order chi connectivity index (χ1) is 18.3. The summed E-state index contributed by atoms with van der Waals surface area (Å²) in [5.41, 5.74) is 2.29. The van der Waals surface area contributed by atoms with Gasteiger partial charge < -0.3 is 10.2 Å². The van der Waals surface area contributed by atoms with Crippen LogP contribution in [0.5, 0.6) is 0 Å². The Balaban J connectivity index is 1.99. The van der Waals surface area contributed by atoms with E-state index in [1.165, 1.54) is 21.3 Å². The van der Waals surface area contributed by atoms with E-state index in [0.717, 1.165) is 17.5 Å². The van der Waals surface area contributed by atoms with Crippen molar-refractivity contribution in [2.45, 2.75) is 51.0 Å². The SMILES string of the molecule is CCCNC(=O)[C@@H](C)N(CCc1ccccc1)C(=O)CN(c1ccccc1CC)S(=O)(=O)c1ccccc1. The van der Waals surface area contributed by atoms with Crippen molar-refractivity contribution in [1.82, 2.24) is 10.2 Å². The highest BCUT2D eigenvalue weighted by Crippen LogP contribution is 2.28. The Morgan fingerprint density at radius 2 is 1.47 bits per heavy atom. The predicted molar refractivity (Wildman–Crippen MR) is 151 cm³/mol. The zero-order valence-electron chi connectivity index (χ0n) is 22.3. The van der Waals surface area contributed by atoms with E-state index in [0.29, 0.717) is 25.1 Å². The molecule has 0 aliphatic heterocycles. The van der Waals surface area contributed by atoms with E-state index < -0.39 is 28.5 Å². The van der Waals surface area contributed by atoms with Gasteiger partial charge in [-0.3, -0.25) is 13.9 Å². The number of para-hydroxylation sites is 1. The van der Waals surface area contributed by atoms with Crippen LogP contribution in [0.4, 0.5) is 5.69 Å². The summed E-state index contributed by atoms with van der Waals surface area (Å²) in [5, 5.41) is 2.86. The van der Waals surface area contributed by atoms with E-state index in [1.54, 1.807) is 37.3 Å². The topological polar surface area (TPSA) is 86.8 Å². The van der Waals surface area contributed by atoms with E-state index in [4.69, 9.17) is 0 Å². The van der Waals surface area contributed by atoms with Crippen molar-refractivity contribution in [3.63, 3.8) is 0 Å². The number of nitrogens with one attached hydrogen (secondary N) is 1. The maximum absolute atomic E-state index is 13.9. The summed E-state index contributed by atoms with van der Waals surface area (Å²) in [4.78, 5) is 28.4. The van der Waals surface area contributed by atoms with Gasteiger partial charge >= 0.3 is 0 Å². The Morgan fingerprint density at radius 1 is 0.868 bits per heavy atom. The van der Waals surface area contributed by atoms with Crippen molar-refractivity contribution in [2.24, 2.45) is 0 Å². The highest BCUT2D eigenvalue weighted by Gasteiger charge is 2.32. The maximum atomic E-state index is 13.9. The smallest absolute Gasteiger partial charge is 0.264 e. The number of sulfonamides is 1. The Kier molecular flexibility index (Phi) is 10.5. The van der Waals surface area contributed by atoms with Gasteiger partial charge in [0.2, 0.25) is 11.8 Å². The zero-order chi connectivity index (χ0) is 27.5. The molecule has 2 amide bonds. The number of carbonyl (C=O) groups is 2. The molecule has 3 aromatic rings. The first-order valence-corrected chi connectivity index (χ1v) is 14.5. The monoisotopic (exact) mass is 535 g/mol. The minimum Gasteiger partial charge on any atom is -0.354 e. The summed E-state index contributed by atoms with van der Waals surface area (Å²) in [5.74, 6) is -0.704. The van der Waals surface area contributed by atoms with E-state index in [-0.39, 0.29) is 17.3 Å². The number of hydrogen-bond donors (Lipinski definition) is 1. The number of nitrogens with zero attached hydrogens (tertiary/aromatic N) is 2.